The Kier molecular flexibility index (Phi) is 3.17. The maximum absolute atomic E-state index is 9.62. The van der Waals surface area contributed by atoms with Crippen molar-refractivity contribution in [2.75, 3.05) is 0 Å². The van der Waals surface area contributed by atoms with Crippen molar-refractivity contribution in [3.8, 4) is 12.3 Å². The van der Waals surface area contributed by atoms with Gasteiger partial charge < -0.3 is 5.11 Å². The lowest BCUT2D eigenvalue weighted by molar-refractivity contribution is -0.00821. The van der Waals surface area contributed by atoms with Gasteiger partial charge in [-0.25, -0.2) is 0 Å². The van der Waals surface area contributed by atoms with Gasteiger partial charge in [-0.05, 0) is 19.3 Å². The smallest absolute Gasteiger partial charge is 0.120 e. The first-order valence-corrected chi connectivity index (χ1v) is 4.89. The molecule has 1 aliphatic carbocycles. The van der Waals surface area contributed by atoms with E-state index >= 15 is 0 Å². The monoisotopic (exact) mass is 166 g/mol. The lowest BCUT2D eigenvalue weighted by Gasteiger charge is -2.43. The van der Waals surface area contributed by atoms with Crippen LogP contribution < -0.4 is 0 Å². The average Bonchev–Trinajstić information content (AvgIpc) is 2.02. The Morgan fingerprint density at radius 3 is 2.58 bits per heavy atom. The van der Waals surface area contributed by atoms with E-state index < -0.39 is 6.10 Å². The van der Waals surface area contributed by atoms with Gasteiger partial charge in [0.25, 0.3) is 0 Å². The van der Waals surface area contributed by atoms with Crippen molar-refractivity contribution in [1.82, 2.24) is 0 Å². The molecule has 68 valence electrons. The summed E-state index contributed by atoms with van der Waals surface area (Å²) in [6.45, 7) is 2.18. The fourth-order valence-corrected chi connectivity index (χ4v) is 2.00. The Labute approximate surface area is 75.2 Å². The summed E-state index contributed by atoms with van der Waals surface area (Å²) >= 11 is 0. The molecule has 1 atom stereocenters. The van der Waals surface area contributed by atoms with Crippen molar-refractivity contribution < 1.29 is 5.11 Å². The standard InChI is InChI=1S/C11H18O/c1-3-5-7-11(8-6-9-11)10(12)4-2/h2,10,12H,3,5-9H2,1H3. The second-order valence-corrected chi connectivity index (χ2v) is 3.89. The highest BCUT2D eigenvalue weighted by Crippen LogP contribution is 2.47. The minimum absolute atomic E-state index is 0.102. The van der Waals surface area contributed by atoms with E-state index in [0.29, 0.717) is 0 Å². The van der Waals surface area contributed by atoms with Crippen LogP contribution in [0, 0.1) is 17.8 Å². The second kappa shape index (κ2) is 3.96. The van der Waals surface area contributed by atoms with Crippen LogP contribution >= 0.6 is 0 Å². The Morgan fingerprint density at radius 1 is 1.58 bits per heavy atom. The molecule has 1 heteroatoms. The molecule has 1 unspecified atom stereocenters. The highest BCUT2D eigenvalue weighted by atomic mass is 16.3. The molecule has 1 aliphatic rings. The number of terminal acetylenes is 1. The maximum Gasteiger partial charge on any atom is 0.120 e. The zero-order chi connectivity index (χ0) is 9.03. The molecule has 0 spiro atoms. The van der Waals surface area contributed by atoms with Crippen molar-refractivity contribution in [3.63, 3.8) is 0 Å². The first-order valence-electron chi connectivity index (χ1n) is 4.89. The molecule has 0 heterocycles. The van der Waals surface area contributed by atoms with Gasteiger partial charge in [0.05, 0.1) is 0 Å². The van der Waals surface area contributed by atoms with Crippen molar-refractivity contribution in [3.05, 3.63) is 0 Å². The van der Waals surface area contributed by atoms with Crippen LogP contribution in [0.15, 0.2) is 0 Å². The molecule has 1 rings (SSSR count). The maximum atomic E-state index is 9.62. The number of unbranched alkanes of at least 4 members (excludes halogenated alkanes) is 1. The van der Waals surface area contributed by atoms with Gasteiger partial charge in [-0.1, -0.05) is 32.1 Å². The quantitative estimate of drug-likeness (QED) is 0.635. The molecule has 0 aromatic rings. The molecular weight excluding hydrogens is 148 g/mol. The SMILES string of the molecule is C#CC(O)C1(CCCC)CCC1. The molecule has 0 saturated heterocycles. The fraction of sp³-hybridized carbons (Fsp3) is 0.818. The summed E-state index contributed by atoms with van der Waals surface area (Å²) in [6, 6.07) is 0. The molecule has 1 saturated carbocycles. The summed E-state index contributed by atoms with van der Waals surface area (Å²) in [5, 5.41) is 9.62. The van der Waals surface area contributed by atoms with Crippen LogP contribution in [0.25, 0.3) is 0 Å². The van der Waals surface area contributed by atoms with Gasteiger partial charge in [-0.3, -0.25) is 0 Å². The summed E-state index contributed by atoms with van der Waals surface area (Å²) in [5.41, 5.74) is 0.102. The van der Waals surface area contributed by atoms with E-state index in [1.807, 2.05) is 0 Å². The molecule has 1 nitrogen and oxygen atoms in total. The molecule has 1 N–H and O–H groups in total. The number of aliphatic hydroxyl groups excluding tert-OH is 1. The zero-order valence-electron chi connectivity index (χ0n) is 7.84. The van der Waals surface area contributed by atoms with Crippen LogP contribution in [0.3, 0.4) is 0 Å². The van der Waals surface area contributed by atoms with Gasteiger partial charge in [0.15, 0.2) is 0 Å². The van der Waals surface area contributed by atoms with Gasteiger partial charge in [-0.2, -0.15) is 0 Å². The first-order chi connectivity index (χ1) is 5.75. The van der Waals surface area contributed by atoms with Gasteiger partial charge in [0.2, 0.25) is 0 Å². The Hall–Kier alpha value is -0.480. The Bertz CT molecular complexity index is 174. The van der Waals surface area contributed by atoms with Crippen LogP contribution in [-0.4, -0.2) is 11.2 Å². The van der Waals surface area contributed by atoms with Crippen LogP contribution in [0.2, 0.25) is 0 Å². The average molecular weight is 166 g/mol. The third kappa shape index (κ3) is 1.64. The molecule has 0 amide bonds. The van der Waals surface area contributed by atoms with E-state index in [4.69, 9.17) is 6.42 Å². The summed E-state index contributed by atoms with van der Waals surface area (Å²) in [7, 11) is 0. The normalized spacial score (nSPS) is 22.4. The van der Waals surface area contributed by atoms with Crippen molar-refractivity contribution in [1.29, 1.82) is 0 Å². The van der Waals surface area contributed by atoms with Crippen LogP contribution in [0.5, 0.6) is 0 Å². The van der Waals surface area contributed by atoms with Gasteiger partial charge in [-0.15, -0.1) is 6.42 Å². The van der Waals surface area contributed by atoms with E-state index in [2.05, 4.69) is 12.8 Å². The predicted molar refractivity (Wildman–Crippen MR) is 50.6 cm³/mol. The van der Waals surface area contributed by atoms with Gasteiger partial charge >= 0.3 is 0 Å². The number of rotatable bonds is 4. The molecule has 1 fully saturated rings. The highest BCUT2D eigenvalue weighted by molar-refractivity contribution is 5.07. The largest absolute Gasteiger partial charge is 0.380 e. The molecule has 0 aliphatic heterocycles. The first kappa shape index (κ1) is 9.61. The van der Waals surface area contributed by atoms with Crippen LogP contribution in [-0.2, 0) is 0 Å². The number of aliphatic hydroxyl groups is 1. The van der Waals surface area contributed by atoms with E-state index in [1.54, 1.807) is 0 Å². The molecule has 0 aromatic carbocycles. The summed E-state index contributed by atoms with van der Waals surface area (Å²) in [5.74, 6) is 2.47. The number of hydrogen-bond acceptors (Lipinski definition) is 1. The van der Waals surface area contributed by atoms with Crippen molar-refractivity contribution in [2.45, 2.75) is 51.6 Å². The predicted octanol–water partition coefficient (Wildman–Crippen LogP) is 2.34. The van der Waals surface area contributed by atoms with Gasteiger partial charge in [0.1, 0.15) is 6.10 Å². The van der Waals surface area contributed by atoms with E-state index in [9.17, 15) is 5.11 Å². The lowest BCUT2D eigenvalue weighted by atomic mass is 9.62. The zero-order valence-corrected chi connectivity index (χ0v) is 7.84. The minimum atomic E-state index is -0.502. The summed E-state index contributed by atoms with van der Waals surface area (Å²) in [4.78, 5) is 0. The summed E-state index contributed by atoms with van der Waals surface area (Å²) < 4.78 is 0. The fourth-order valence-electron chi connectivity index (χ4n) is 2.00. The molecule has 0 aromatic heterocycles. The second-order valence-electron chi connectivity index (χ2n) is 3.89. The molecule has 12 heavy (non-hydrogen) atoms. The van der Waals surface area contributed by atoms with Crippen LogP contribution in [0.1, 0.15) is 45.4 Å². The molecular formula is C11H18O. The highest BCUT2D eigenvalue weighted by Gasteiger charge is 2.41. The topological polar surface area (TPSA) is 20.2 Å². The van der Waals surface area contributed by atoms with Crippen LogP contribution in [0.4, 0.5) is 0 Å². The third-order valence-corrected chi connectivity index (χ3v) is 3.12. The van der Waals surface area contributed by atoms with Crippen molar-refractivity contribution >= 4 is 0 Å². The Balaban J connectivity index is 2.46. The third-order valence-electron chi connectivity index (χ3n) is 3.12. The van der Waals surface area contributed by atoms with E-state index in [1.165, 1.54) is 19.3 Å². The molecule has 0 bridgehead atoms. The minimum Gasteiger partial charge on any atom is -0.380 e. The van der Waals surface area contributed by atoms with Gasteiger partial charge in [0, 0.05) is 5.41 Å². The van der Waals surface area contributed by atoms with E-state index in [-0.39, 0.29) is 5.41 Å². The Morgan fingerprint density at radius 2 is 2.25 bits per heavy atom. The number of hydrogen-bond donors (Lipinski definition) is 1. The van der Waals surface area contributed by atoms with Crippen molar-refractivity contribution in [2.24, 2.45) is 5.41 Å². The lowest BCUT2D eigenvalue weighted by Crippen LogP contribution is -2.40. The van der Waals surface area contributed by atoms with E-state index in [0.717, 1.165) is 19.3 Å². The summed E-state index contributed by atoms with van der Waals surface area (Å²) in [6.07, 6.45) is 11.7. The molecule has 0 radical (unpaired) electrons.